The van der Waals surface area contributed by atoms with Crippen molar-refractivity contribution >= 4 is 27.5 Å². The second-order valence-corrected chi connectivity index (χ2v) is 3.08. The van der Waals surface area contributed by atoms with E-state index >= 15 is 0 Å². The lowest BCUT2D eigenvalue weighted by Crippen LogP contribution is -2.07. The molecular formula is C8H13BrN2O. The minimum absolute atomic E-state index is 0.0394. The number of alkyl halides is 1. The van der Waals surface area contributed by atoms with E-state index < -0.39 is 0 Å². The highest BCUT2D eigenvalue weighted by molar-refractivity contribution is 9.09. The third-order valence-corrected chi connectivity index (χ3v) is 1.94. The fourth-order valence-electron chi connectivity index (χ4n) is 0.650. The minimum atomic E-state index is 0.0394. The number of nitrogens with two attached hydrogens (primary N) is 1. The zero-order chi connectivity index (χ0) is 9.72. The van der Waals surface area contributed by atoms with Gasteiger partial charge in [0.2, 0.25) is 0 Å². The number of allylic oxidation sites excluding steroid dienone is 2. The van der Waals surface area contributed by atoms with Crippen molar-refractivity contribution in [1.82, 2.24) is 0 Å². The van der Waals surface area contributed by atoms with Gasteiger partial charge in [0.25, 0.3) is 0 Å². The standard InChI is InChI=1S/C8H13BrN2O/c1-5(8(12)4-9)6(2)11-7(3)10/h4H2,1-3H3,(H2,10,11)/b6-5+. The van der Waals surface area contributed by atoms with Crippen LogP contribution in [0.1, 0.15) is 20.8 Å². The highest BCUT2D eigenvalue weighted by Gasteiger charge is 2.04. The molecule has 4 heteroatoms. The number of amidine groups is 1. The summed E-state index contributed by atoms with van der Waals surface area (Å²) in [5, 5.41) is 0.329. The number of hydrogen-bond donors (Lipinski definition) is 1. The van der Waals surface area contributed by atoms with E-state index in [1.54, 1.807) is 20.8 Å². The van der Waals surface area contributed by atoms with Gasteiger partial charge in [-0.1, -0.05) is 15.9 Å². The SMILES string of the molecule is C/C(N)=N\C(C)=C(/C)C(=O)CBr. The lowest BCUT2D eigenvalue weighted by atomic mass is 10.2. The van der Waals surface area contributed by atoms with Crippen molar-refractivity contribution in [3.05, 3.63) is 11.3 Å². The normalized spacial score (nSPS) is 14.2. The number of hydrogen-bond acceptors (Lipinski definition) is 2. The Morgan fingerprint density at radius 2 is 1.92 bits per heavy atom. The maximum absolute atomic E-state index is 11.1. The minimum Gasteiger partial charge on any atom is -0.387 e. The third kappa shape index (κ3) is 3.67. The van der Waals surface area contributed by atoms with Gasteiger partial charge in [-0.15, -0.1) is 0 Å². The van der Waals surface area contributed by atoms with Crippen LogP contribution in [0.25, 0.3) is 0 Å². The monoisotopic (exact) mass is 232 g/mol. The molecule has 3 nitrogen and oxygen atoms in total. The van der Waals surface area contributed by atoms with Gasteiger partial charge in [0.05, 0.1) is 11.2 Å². The summed E-state index contributed by atoms with van der Waals surface area (Å²) < 4.78 is 0. The van der Waals surface area contributed by atoms with E-state index in [9.17, 15) is 4.79 Å². The molecule has 12 heavy (non-hydrogen) atoms. The van der Waals surface area contributed by atoms with E-state index in [0.717, 1.165) is 0 Å². The molecular weight excluding hydrogens is 220 g/mol. The van der Waals surface area contributed by atoms with E-state index in [2.05, 4.69) is 20.9 Å². The highest BCUT2D eigenvalue weighted by atomic mass is 79.9. The maximum Gasteiger partial charge on any atom is 0.170 e. The Morgan fingerprint density at radius 1 is 1.42 bits per heavy atom. The smallest absolute Gasteiger partial charge is 0.170 e. The fourth-order valence-corrected chi connectivity index (χ4v) is 1.07. The number of ketones is 1. The molecule has 0 saturated carbocycles. The number of carbonyl (C=O) groups is 1. The fraction of sp³-hybridized carbons (Fsp3) is 0.500. The predicted molar refractivity (Wildman–Crippen MR) is 54.5 cm³/mol. The molecule has 0 atom stereocenters. The topological polar surface area (TPSA) is 55.4 Å². The van der Waals surface area contributed by atoms with Gasteiger partial charge in [-0.2, -0.15) is 0 Å². The summed E-state index contributed by atoms with van der Waals surface area (Å²) in [6.45, 7) is 5.20. The Hall–Kier alpha value is -0.640. The van der Waals surface area contributed by atoms with Gasteiger partial charge in [-0.05, 0) is 20.8 Å². The molecule has 0 aromatic carbocycles. The second kappa shape index (κ2) is 5.09. The van der Waals surface area contributed by atoms with Crippen molar-refractivity contribution < 1.29 is 4.79 Å². The van der Waals surface area contributed by atoms with Crippen molar-refractivity contribution in [3.63, 3.8) is 0 Å². The van der Waals surface area contributed by atoms with Crippen LogP contribution in [0.3, 0.4) is 0 Å². The van der Waals surface area contributed by atoms with Gasteiger partial charge < -0.3 is 5.73 Å². The Balaban J connectivity index is 4.69. The van der Waals surface area contributed by atoms with Crippen LogP contribution in [0.5, 0.6) is 0 Å². The molecule has 0 aliphatic heterocycles. The first-order chi connectivity index (χ1) is 5.49. The number of rotatable bonds is 3. The maximum atomic E-state index is 11.1. The van der Waals surface area contributed by atoms with Crippen LogP contribution in [-0.2, 0) is 4.79 Å². The molecule has 0 aliphatic carbocycles. The molecule has 0 bridgehead atoms. The van der Waals surface area contributed by atoms with E-state index in [1.165, 1.54) is 0 Å². The van der Waals surface area contributed by atoms with Crippen LogP contribution in [0.15, 0.2) is 16.3 Å². The van der Waals surface area contributed by atoms with Gasteiger partial charge in [0.1, 0.15) is 0 Å². The lowest BCUT2D eigenvalue weighted by molar-refractivity contribution is -0.113. The van der Waals surface area contributed by atoms with Crippen LogP contribution >= 0.6 is 15.9 Å². The van der Waals surface area contributed by atoms with Crippen molar-refractivity contribution in [2.75, 3.05) is 5.33 Å². The first-order valence-corrected chi connectivity index (χ1v) is 4.68. The van der Waals surface area contributed by atoms with Gasteiger partial charge in [-0.25, -0.2) is 4.99 Å². The molecule has 0 amide bonds. The molecule has 0 rings (SSSR count). The Morgan fingerprint density at radius 3 is 2.25 bits per heavy atom. The molecule has 0 radical (unpaired) electrons. The quantitative estimate of drug-likeness (QED) is 0.348. The molecule has 0 fully saturated rings. The molecule has 68 valence electrons. The summed E-state index contributed by atoms with van der Waals surface area (Å²) in [4.78, 5) is 15.1. The molecule has 0 spiro atoms. The molecule has 0 saturated heterocycles. The van der Waals surface area contributed by atoms with E-state index in [-0.39, 0.29) is 5.78 Å². The molecule has 0 unspecified atom stereocenters. The Labute approximate surface area is 80.9 Å². The van der Waals surface area contributed by atoms with Crippen LogP contribution in [-0.4, -0.2) is 16.9 Å². The zero-order valence-corrected chi connectivity index (χ0v) is 9.10. The average molecular weight is 233 g/mol. The Bertz CT molecular complexity index is 239. The Kier molecular flexibility index (Phi) is 4.81. The van der Waals surface area contributed by atoms with Crippen molar-refractivity contribution in [2.24, 2.45) is 10.7 Å². The van der Waals surface area contributed by atoms with Crippen LogP contribution in [0.4, 0.5) is 0 Å². The molecule has 0 aromatic rings. The zero-order valence-electron chi connectivity index (χ0n) is 7.52. The number of Topliss-reactive ketones (excluding diaryl/α,β-unsaturated/α-hetero) is 1. The average Bonchev–Trinajstić information content (AvgIpc) is 2.00. The number of nitrogens with zero attached hydrogens (tertiary/aromatic N) is 1. The first-order valence-electron chi connectivity index (χ1n) is 3.56. The summed E-state index contributed by atoms with van der Waals surface area (Å²) in [6, 6.07) is 0. The molecule has 0 aromatic heterocycles. The van der Waals surface area contributed by atoms with Gasteiger partial charge in [-0.3, -0.25) is 4.79 Å². The molecule has 0 heterocycles. The van der Waals surface area contributed by atoms with Gasteiger partial charge >= 0.3 is 0 Å². The summed E-state index contributed by atoms with van der Waals surface area (Å²) in [7, 11) is 0. The van der Waals surface area contributed by atoms with Crippen molar-refractivity contribution in [1.29, 1.82) is 0 Å². The van der Waals surface area contributed by atoms with E-state index in [0.29, 0.717) is 22.4 Å². The second-order valence-electron chi connectivity index (χ2n) is 2.52. The van der Waals surface area contributed by atoms with Crippen LogP contribution in [0.2, 0.25) is 0 Å². The number of aliphatic imine (C=N–C) groups is 1. The molecule has 0 aliphatic rings. The number of carbonyl (C=O) groups excluding carboxylic acids is 1. The summed E-state index contributed by atoms with van der Waals surface area (Å²) >= 11 is 3.09. The van der Waals surface area contributed by atoms with Crippen LogP contribution < -0.4 is 5.73 Å². The summed E-state index contributed by atoms with van der Waals surface area (Å²) in [5.74, 6) is 0.506. The highest BCUT2D eigenvalue weighted by Crippen LogP contribution is 2.07. The summed E-state index contributed by atoms with van der Waals surface area (Å²) in [5.41, 5.74) is 6.70. The predicted octanol–water partition coefficient (Wildman–Crippen LogP) is 1.62. The van der Waals surface area contributed by atoms with E-state index in [4.69, 9.17) is 5.73 Å². The van der Waals surface area contributed by atoms with Crippen molar-refractivity contribution in [3.8, 4) is 0 Å². The number of halogens is 1. The third-order valence-electron chi connectivity index (χ3n) is 1.43. The van der Waals surface area contributed by atoms with Crippen LogP contribution in [0, 0.1) is 0 Å². The van der Waals surface area contributed by atoms with Crippen molar-refractivity contribution in [2.45, 2.75) is 20.8 Å². The lowest BCUT2D eigenvalue weighted by Gasteiger charge is -2.00. The summed E-state index contributed by atoms with van der Waals surface area (Å²) in [6.07, 6.45) is 0. The largest absolute Gasteiger partial charge is 0.387 e. The molecule has 2 N–H and O–H groups in total. The first kappa shape index (κ1) is 11.4. The van der Waals surface area contributed by atoms with E-state index in [1.807, 2.05) is 0 Å². The van der Waals surface area contributed by atoms with Gasteiger partial charge in [0.15, 0.2) is 5.78 Å². The van der Waals surface area contributed by atoms with Gasteiger partial charge in [0, 0.05) is 11.3 Å².